The lowest BCUT2D eigenvalue weighted by molar-refractivity contribution is 0.415. The zero-order valence-corrected chi connectivity index (χ0v) is 10.3. The van der Waals surface area contributed by atoms with Gasteiger partial charge in [-0.2, -0.15) is 10.5 Å². The minimum atomic E-state index is -0.0602. The van der Waals surface area contributed by atoms with Crippen molar-refractivity contribution in [2.45, 2.75) is 0 Å². The van der Waals surface area contributed by atoms with Crippen LogP contribution >= 0.6 is 23.2 Å². The molecule has 0 heterocycles. The standard InChI is InChI=1S/C11H7Cl2N3O/c1-17-11-3-10(8(12)2-9(11)13)16-6-7(4-14)5-15/h2-3,6,16H,1H3. The predicted octanol–water partition coefficient (Wildman–Crippen LogP) is 3.34. The van der Waals surface area contributed by atoms with Crippen molar-refractivity contribution in [3.8, 4) is 17.9 Å². The quantitative estimate of drug-likeness (QED) is 0.853. The van der Waals surface area contributed by atoms with E-state index in [2.05, 4.69) is 5.32 Å². The number of nitriles is 2. The van der Waals surface area contributed by atoms with E-state index in [1.807, 2.05) is 0 Å². The average Bonchev–Trinajstić information content (AvgIpc) is 2.32. The van der Waals surface area contributed by atoms with E-state index in [1.165, 1.54) is 19.4 Å². The summed E-state index contributed by atoms with van der Waals surface area (Å²) in [5, 5.41) is 20.6. The molecule has 0 radical (unpaired) electrons. The molecule has 0 unspecified atom stereocenters. The second-order valence-corrected chi connectivity index (χ2v) is 3.71. The number of halogens is 2. The fraction of sp³-hybridized carbons (Fsp3) is 0.0909. The lowest BCUT2D eigenvalue weighted by Crippen LogP contribution is -1.93. The molecule has 0 atom stereocenters. The number of benzene rings is 1. The smallest absolute Gasteiger partial charge is 0.145 e. The van der Waals surface area contributed by atoms with Gasteiger partial charge in [-0.25, -0.2) is 0 Å². The SMILES string of the molecule is COc1cc(NC=C(C#N)C#N)c(Cl)cc1Cl. The molecule has 1 rings (SSSR count). The van der Waals surface area contributed by atoms with Gasteiger partial charge in [0.15, 0.2) is 0 Å². The van der Waals surface area contributed by atoms with Crippen LogP contribution in [0.3, 0.4) is 0 Å². The van der Waals surface area contributed by atoms with Crippen LogP contribution in [0.15, 0.2) is 23.9 Å². The Hall–Kier alpha value is -1.88. The van der Waals surface area contributed by atoms with Crippen LogP contribution in [0.5, 0.6) is 5.75 Å². The van der Waals surface area contributed by atoms with Gasteiger partial charge < -0.3 is 10.1 Å². The first kappa shape index (κ1) is 13.2. The first-order valence-corrected chi connectivity index (χ1v) is 5.18. The number of allylic oxidation sites excluding steroid dienone is 1. The molecule has 0 saturated heterocycles. The average molecular weight is 268 g/mol. The van der Waals surface area contributed by atoms with Crippen LogP contribution in [0.4, 0.5) is 5.69 Å². The Morgan fingerprint density at radius 2 is 1.94 bits per heavy atom. The fourth-order valence-electron chi connectivity index (χ4n) is 1.04. The first-order chi connectivity index (χ1) is 8.12. The molecule has 17 heavy (non-hydrogen) atoms. The lowest BCUT2D eigenvalue weighted by atomic mass is 10.3. The maximum atomic E-state index is 8.56. The summed E-state index contributed by atoms with van der Waals surface area (Å²) in [6.45, 7) is 0. The number of anilines is 1. The van der Waals surface area contributed by atoms with E-state index in [-0.39, 0.29) is 5.57 Å². The van der Waals surface area contributed by atoms with E-state index < -0.39 is 0 Å². The van der Waals surface area contributed by atoms with Crippen molar-refractivity contribution in [2.24, 2.45) is 0 Å². The summed E-state index contributed by atoms with van der Waals surface area (Å²) in [6.07, 6.45) is 1.26. The van der Waals surface area contributed by atoms with Crippen molar-refractivity contribution >= 4 is 28.9 Å². The summed E-state index contributed by atoms with van der Waals surface area (Å²) in [6, 6.07) is 6.52. The molecule has 0 aliphatic carbocycles. The number of hydrogen-bond donors (Lipinski definition) is 1. The van der Waals surface area contributed by atoms with E-state index in [0.29, 0.717) is 21.5 Å². The van der Waals surface area contributed by atoms with E-state index in [9.17, 15) is 0 Å². The van der Waals surface area contributed by atoms with Crippen LogP contribution in [0.1, 0.15) is 0 Å². The Kier molecular flexibility index (Phi) is 4.66. The molecule has 0 bridgehead atoms. The zero-order chi connectivity index (χ0) is 12.8. The van der Waals surface area contributed by atoms with Gasteiger partial charge in [0.25, 0.3) is 0 Å². The maximum Gasteiger partial charge on any atom is 0.145 e. The molecule has 0 saturated carbocycles. The van der Waals surface area contributed by atoms with Crippen molar-refractivity contribution in [1.29, 1.82) is 10.5 Å². The molecule has 0 amide bonds. The Morgan fingerprint density at radius 3 is 2.47 bits per heavy atom. The molecule has 1 aromatic rings. The van der Waals surface area contributed by atoms with Crippen molar-refractivity contribution in [3.63, 3.8) is 0 Å². The minimum absolute atomic E-state index is 0.0602. The van der Waals surface area contributed by atoms with E-state index >= 15 is 0 Å². The van der Waals surface area contributed by atoms with Crippen LogP contribution in [-0.4, -0.2) is 7.11 Å². The van der Waals surface area contributed by atoms with Crippen LogP contribution in [-0.2, 0) is 0 Å². The van der Waals surface area contributed by atoms with Crippen molar-refractivity contribution in [1.82, 2.24) is 0 Å². The molecule has 0 spiro atoms. The Labute approximate surface area is 109 Å². The lowest BCUT2D eigenvalue weighted by Gasteiger charge is -2.08. The van der Waals surface area contributed by atoms with E-state index in [0.717, 1.165) is 0 Å². The molecule has 1 N–H and O–H groups in total. The molecule has 0 fully saturated rings. The minimum Gasteiger partial charge on any atom is -0.495 e. The Morgan fingerprint density at radius 1 is 1.29 bits per heavy atom. The highest BCUT2D eigenvalue weighted by molar-refractivity contribution is 6.37. The summed E-state index contributed by atoms with van der Waals surface area (Å²) in [5.41, 5.74) is 0.436. The van der Waals surface area contributed by atoms with Crippen molar-refractivity contribution in [2.75, 3.05) is 12.4 Å². The normalized spacial score (nSPS) is 8.76. The monoisotopic (exact) mass is 267 g/mol. The third kappa shape index (κ3) is 3.29. The molecular formula is C11H7Cl2N3O. The number of methoxy groups -OCH3 is 1. The van der Waals surface area contributed by atoms with Gasteiger partial charge in [-0.05, 0) is 6.07 Å². The highest BCUT2D eigenvalue weighted by Gasteiger charge is 2.07. The molecular weight excluding hydrogens is 261 g/mol. The van der Waals surface area contributed by atoms with Crippen LogP contribution in [0, 0.1) is 22.7 Å². The highest BCUT2D eigenvalue weighted by Crippen LogP contribution is 2.34. The highest BCUT2D eigenvalue weighted by atomic mass is 35.5. The van der Waals surface area contributed by atoms with Gasteiger partial charge in [0, 0.05) is 12.3 Å². The van der Waals surface area contributed by atoms with Gasteiger partial charge in [0.1, 0.15) is 23.5 Å². The summed E-state index contributed by atoms with van der Waals surface area (Å²) in [5.74, 6) is 0.447. The number of ether oxygens (including phenoxy) is 1. The fourth-order valence-corrected chi connectivity index (χ4v) is 1.55. The summed E-state index contributed by atoms with van der Waals surface area (Å²) < 4.78 is 5.02. The third-order valence-electron chi connectivity index (χ3n) is 1.85. The molecule has 0 aliphatic rings. The van der Waals surface area contributed by atoms with Crippen LogP contribution in [0.25, 0.3) is 0 Å². The van der Waals surface area contributed by atoms with Gasteiger partial charge >= 0.3 is 0 Å². The zero-order valence-electron chi connectivity index (χ0n) is 8.79. The second-order valence-electron chi connectivity index (χ2n) is 2.89. The largest absolute Gasteiger partial charge is 0.495 e. The van der Waals surface area contributed by atoms with E-state index in [1.54, 1.807) is 18.2 Å². The maximum absolute atomic E-state index is 8.56. The van der Waals surface area contributed by atoms with Crippen LogP contribution in [0.2, 0.25) is 10.0 Å². The van der Waals surface area contributed by atoms with Gasteiger partial charge in [-0.15, -0.1) is 0 Å². The van der Waals surface area contributed by atoms with Gasteiger partial charge in [0.05, 0.1) is 22.8 Å². The molecule has 1 aromatic carbocycles. The number of nitrogens with zero attached hydrogens (tertiary/aromatic N) is 2. The molecule has 86 valence electrons. The topological polar surface area (TPSA) is 68.8 Å². The Balaban J connectivity index is 3.05. The summed E-state index contributed by atoms with van der Waals surface area (Å²) in [4.78, 5) is 0. The molecule has 4 nitrogen and oxygen atoms in total. The third-order valence-corrected chi connectivity index (χ3v) is 2.46. The van der Waals surface area contributed by atoms with E-state index in [4.69, 9.17) is 38.5 Å². The van der Waals surface area contributed by atoms with Crippen molar-refractivity contribution < 1.29 is 4.74 Å². The van der Waals surface area contributed by atoms with Crippen molar-refractivity contribution in [3.05, 3.63) is 34.0 Å². The van der Waals surface area contributed by atoms with Crippen LogP contribution < -0.4 is 10.1 Å². The van der Waals surface area contributed by atoms with Gasteiger partial charge in [-0.3, -0.25) is 0 Å². The predicted molar refractivity (Wildman–Crippen MR) is 65.9 cm³/mol. The number of hydrogen-bond acceptors (Lipinski definition) is 4. The molecule has 6 heteroatoms. The number of nitrogens with one attached hydrogen (secondary N) is 1. The van der Waals surface area contributed by atoms with Gasteiger partial charge in [0.2, 0.25) is 0 Å². The summed E-state index contributed by atoms with van der Waals surface area (Å²) >= 11 is 11.8. The molecule has 0 aromatic heterocycles. The number of rotatable bonds is 3. The van der Waals surface area contributed by atoms with Gasteiger partial charge in [-0.1, -0.05) is 23.2 Å². The second kappa shape index (κ2) is 6.00. The first-order valence-electron chi connectivity index (χ1n) is 4.42. The molecule has 0 aliphatic heterocycles. The summed E-state index contributed by atoms with van der Waals surface area (Å²) in [7, 11) is 1.48. The Bertz CT molecular complexity index is 525.